The van der Waals surface area contributed by atoms with Crippen molar-refractivity contribution >= 4 is 48.2 Å². The molecule has 0 amide bonds. The molecule has 0 aliphatic heterocycles. The summed E-state index contributed by atoms with van der Waals surface area (Å²) in [7, 11) is -3.92. The molecule has 0 bridgehead atoms. The maximum Gasteiger partial charge on any atom is 0.541 e. The van der Waals surface area contributed by atoms with E-state index in [1.165, 1.54) is 0 Å². The SMILES string of the molecule is O=P(Nc1ccc(Cl)cc1)(Oc1ccccc1Cl)Oc1ccccc1Cl. The van der Waals surface area contributed by atoms with Crippen LogP contribution in [0.15, 0.2) is 72.8 Å². The monoisotopic (exact) mass is 427 g/mol. The molecule has 3 aromatic carbocycles. The number of anilines is 1. The third kappa shape index (κ3) is 4.87. The minimum atomic E-state index is -3.92. The molecule has 0 spiro atoms. The van der Waals surface area contributed by atoms with Gasteiger partial charge in [-0.3, -0.25) is 5.09 Å². The Bertz CT molecular complexity index is 899. The second-order valence-corrected chi connectivity index (χ2v) is 7.99. The first-order valence-electron chi connectivity index (χ1n) is 7.47. The summed E-state index contributed by atoms with van der Waals surface area (Å²) in [6.45, 7) is 0. The highest BCUT2D eigenvalue weighted by molar-refractivity contribution is 7.56. The molecular formula is C18H13Cl3NO3P. The molecule has 3 aromatic rings. The van der Waals surface area contributed by atoms with Gasteiger partial charge in [0.15, 0.2) is 11.5 Å². The van der Waals surface area contributed by atoms with E-state index in [0.717, 1.165) is 0 Å². The lowest BCUT2D eigenvalue weighted by atomic mass is 10.3. The Kier molecular flexibility index (Phi) is 6.00. The first kappa shape index (κ1) is 18.9. The van der Waals surface area contributed by atoms with Crippen molar-refractivity contribution in [2.24, 2.45) is 0 Å². The lowest BCUT2D eigenvalue weighted by Crippen LogP contribution is -2.10. The summed E-state index contributed by atoms with van der Waals surface area (Å²) in [6.07, 6.45) is 0. The molecule has 8 heteroatoms. The van der Waals surface area contributed by atoms with Crippen LogP contribution in [0.25, 0.3) is 0 Å². The summed E-state index contributed by atoms with van der Waals surface area (Å²) in [6, 6.07) is 19.9. The molecule has 0 unspecified atom stereocenters. The van der Waals surface area contributed by atoms with Crippen molar-refractivity contribution < 1.29 is 13.6 Å². The first-order valence-corrected chi connectivity index (χ1v) is 10.1. The smallest absolute Gasteiger partial charge is 0.399 e. The van der Waals surface area contributed by atoms with Crippen molar-refractivity contribution in [3.63, 3.8) is 0 Å². The molecule has 0 radical (unpaired) electrons. The van der Waals surface area contributed by atoms with Crippen LogP contribution in [0.3, 0.4) is 0 Å². The van der Waals surface area contributed by atoms with Crippen LogP contribution in [0.4, 0.5) is 5.69 Å². The Morgan fingerprint density at radius 1 is 0.692 bits per heavy atom. The third-order valence-corrected chi connectivity index (χ3v) is 5.50. The minimum Gasteiger partial charge on any atom is -0.399 e. The number of halogens is 3. The summed E-state index contributed by atoms with van der Waals surface area (Å²) in [4.78, 5) is 0. The van der Waals surface area contributed by atoms with Gasteiger partial charge in [0, 0.05) is 10.7 Å². The fourth-order valence-electron chi connectivity index (χ4n) is 2.04. The molecule has 0 aromatic heterocycles. The van der Waals surface area contributed by atoms with Crippen molar-refractivity contribution in [1.29, 1.82) is 0 Å². The Labute approximate surface area is 166 Å². The summed E-state index contributed by atoms with van der Waals surface area (Å²) in [5.41, 5.74) is 0.497. The van der Waals surface area contributed by atoms with Crippen LogP contribution in [-0.4, -0.2) is 0 Å². The van der Waals surface area contributed by atoms with Crippen molar-refractivity contribution in [3.8, 4) is 11.5 Å². The molecule has 0 aliphatic rings. The largest absolute Gasteiger partial charge is 0.541 e. The van der Waals surface area contributed by atoms with Crippen LogP contribution in [0.5, 0.6) is 11.5 Å². The van der Waals surface area contributed by atoms with Crippen molar-refractivity contribution in [1.82, 2.24) is 0 Å². The topological polar surface area (TPSA) is 47.6 Å². The van der Waals surface area contributed by atoms with Crippen LogP contribution >= 0.6 is 42.5 Å². The molecular weight excluding hydrogens is 416 g/mol. The summed E-state index contributed by atoms with van der Waals surface area (Å²) < 4.78 is 24.7. The first-order chi connectivity index (χ1) is 12.5. The molecule has 0 saturated carbocycles. The van der Waals surface area contributed by atoms with Crippen molar-refractivity contribution in [2.45, 2.75) is 0 Å². The summed E-state index contributed by atoms with van der Waals surface area (Å²) in [5, 5.41) is 3.91. The van der Waals surface area contributed by atoms with Gasteiger partial charge < -0.3 is 9.05 Å². The average molecular weight is 429 g/mol. The van der Waals surface area contributed by atoms with Gasteiger partial charge in [-0.05, 0) is 48.5 Å². The molecule has 0 saturated heterocycles. The highest BCUT2D eigenvalue weighted by Gasteiger charge is 2.30. The van der Waals surface area contributed by atoms with Gasteiger partial charge in [-0.25, -0.2) is 4.57 Å². The Balaban J connectivity index is 1.94. The highest BCUT2D eigenvalue weighted by atomic mass is 35.5. The van der Waals surface area contributed by atoms with Crippen LogP contribution in [0.1, 0.15) is 0 Å². The predicted molar refractivity (Wildman–Crippen MR) is 107 cm³/mol. The third-order valence-electron chi connectivity index (χ3n) is 3.22. The van der Waals surface area contributed by atoms with Crippen LogP contribution in [0.2, 0.25) is 15.1 Å². The van der Waals surface area contributed by atoms with Crippen molar-refractivity contribution in [3.05, 3.63) is 87.9 Å². The number of rotatable bonds is 6. The van der Waals surface area contributed by atoms with Gasteiger partial charge in [-0.1, -0.05) is 59.1 Å². The zero-order valence-electron chi connectivity index (χ0n) is 13.2. The fraction of sp³-hybridized carbons (Fsp3) is 0. The lowest BCUT2D eigenvalue weighted by Gasteiger charge is -2.22. The zero-order valence-corrected chi connectivity index (χ0v) is 16.4. The van der Waals surface area contributed by atoms with Gasteiger partial charge in [-0.2, -0.15) is 0 Å². The number of hydrogen-bond donors (Lipinski definition) is 1. The van der Waals surface area contributed by atoms with Crippen LogP contribution in [-0.2, 0) is 4.57 Å². The second kappa shape index (κ2) is 8.24. The van der Waals surface area contributed by atoms with E-state index in [1.54, 1.807) is 72.8 Å². The number of nitrogens with one attached hydrogen (secondary N) is 1. The predicted octanol–water partition coefficient (Wildman–Crippen LogP) is 7.32. The zero-order chi connectivity index (χ0) is 18.6. The quantitative estimate of drug-likeness (QED) is 0.418. The minimum absolute atomic E-state index is 0.214. The molecule has 0 aliphatic carbocycles. The fourth-order valence-corrected chi connectivity index (χ4v) is 4.06. The molecule has 0 heterocycles. The highest BCUT2D eigenvalue weighted by Crippen LogP contribution is 2.50. The van der Waals surface area contributed by atoms with Gasteiger partial charge in [0.1, 0.15) is 0 Å². The molecule has 0 atom stereocenters. The van der Waals surface area contributed by atoms with Gasteiger partial charge in [-0.15, -0.1) is 0 Å². The van der Waals surface area contributed by atoms with E-state index in [1.807, 2.05) is 0 Å². The van der Waals surface area contributed by atoms with E-state index < -0.39 is 7.75 Å². The normalized spacial score (nSPS) is 11.0. The Morgan fingerprint density at radius 2 is 1.15 bits per heavy atom. The van der Waals surface area contributed by atoms with E-state index in [-0.39, 0.29) is 11.5 Å². The van der Waals surface area contributed by atoms with Gasteiger partial charge in [0.25, 0.3) is 0 Å². The van der Waals surface area contributed by atoms with E-state index in [0.29, 0.717) is 20.8 Å². The van der Waals surface area contributed by atoms with Crippen LogP contribution < -0.4 is 14.1 Å². The molecule has 26 heavy (non-hydrogen) atoms. The van der Waals surface area contributed by atoms with E-state index in [2.05, 4.69) is 5.09 Å². The maximum atomic E-state index is 13.4. The van der Waals surface area contributed by atoms with E-state index >= 15 is 0 Å². The number of para-hydroxylation sites is 2. The summed E-state index contributed by atoms with van der Waals surface area (Å²) in [5.74, 6) is 0.428. The van der Waals surface area contributed by atoms with Gasteiger partial charge >= 0.3 is 7.75 Å². The molecule has 1 N–H and O–H groups in total. The average Bonchev–Trinajstić information content (AvgIpc) is 2.61. The molecule has 0 fully saturated rings. The molecule has 134 valence electrons. The summed E-state index contributed by atoms with van der Waals surface area (Å²) >= 11 is 18.1. The van der Waals surface area contributed by atoms with Crippen molar-refractivity contribution in [2.75, 3.05) is 5.09 Å². The maximum absolute atomic E-state index is 13.4. The Hall–Kier alpha value is -1.84. The number of benzene rings is 3. The van der Waals surface area contributed by atoms with Gasteiger partial charge in [0.05, 0.1) is 10.0 Å². The molecule has 4 nitrogen and oxygen atoms in total. The van der Waals surface area contributed by atoms with E-state index in [4.69, 9.17) is 43.9 Å². The standard InChI is InChI=1S/C18H13Cl3NO3P/c19-13-9-11-14(12-10-13)22-26(23,24-17-7-3-1-5-15(17)20)25-18-8-4-2-6-16(18)21/h1-12H,(H,22,23). The second-order valence-electron chi connectivity index (χ2n) is 5.16. The van der Waals surface area contributed by atoms with Crippen LogP contribution in [0, 0.1) is 0 Å². The molecule has 3 rings (SSSR count). The van der Waals surface area contributed by atoms with Gasteiger partial charge in [0.2, 0.25) is 0 Å². The lowest BCUT2D eigenvalue weighted by molar-refractivity contribution is 0.393. The van der Waals surface area contributed by atoms with E-state index in [9.17, 15) is 4.57 Å². The Morgan fingerprint density at radius 3 is 1.62 bits per heavy atom. The number of hydrogen-bond acceptors (Lipinski definition) is 3.